The lowest BCUT2D eigenvalue weighted by Crippen LogP contribution is -2.20. The fourth-order valence-corrected chi connectivity index (χ4v) is 2.64. The number of pyridine rings is 1. The zero-order valence-corrected chi connectivity index (χ0v) is 13.8. The van der Waals surface area contributed by atoms with Crippen molar-refractivity contribution in [2.45, 2.75) is 0 Å². The van der Waals surface area contributed by atoms with E-state index < -0.39 is 0 Å². The van der Waals surface area contributed by atoms with E-state index in [4.69, 9.17) is 22.1 Å². The third-order valence-corrected chi connectivity index (χ3v) is 3.83. The zero-order chi connectivity index (χ0) is 14.9. The van der Waals surface area contributed by atoms with Crippen LogP contribution >= 0.6 is 34.2 Å². The smallest absolute Gasteiger partial charge is 0.255 e. The van der Waals surface area contributed by atoms with Crippen LogP contribution in [0, 0.1) is 3.57 Å². The molecule has 0 fully saturated rings. The molecule has 0 bridgehead atoms. The molecule has 1 aromatic carbocycles. The molecule has 20 heavy (non-hydrogen) atoms. The highest BCUT2D eigenvalue weighted by Crippen LogP contribution is 2.32. The highest BCUT2D eigenvalue weighted by atomic mass is 127. The van der Waals surface area contributed by atoms with Crippen LogP contribution in [0.4, 0.5) is 17.2 Å². The van der Waals surface area contributed by atoms with E-state index in [1.165, 1.54) is 17.7 Å². The minimum Gasteiger partial charge on any atom is -0.494 e. The van der Waals surface area contributed by atoms with Crippen molar-refractivity contribution in [3.05, 3.63) is 43.2 Å². The van der Waals surface area contributed by atoms with Gasteiger partial charge in [-0.2, -0.15) is 0 Å². The Bertz CT molecular complexity index is 715. The summed E-state index contributed by atoms with van der Waals surface area (Å²) in [5.41, 5.74) is 6.80. The summed E-state index contributed by atoms with van der Waals surface area (Å²) in [5.74, 6) is 0.773. The molecule has 1 heterocycles. The Morgan fingerprint density at radius 1 is 1.40 bits per heavy atom. The van der Waals surface area contributed by atoms with Crippen LogP contribution in [-0.4, -0.2) is 11.7 Å². The van der Waals surface area contributed by atoms with Crippen molar-refractivity contribution >= 4 is 51.4 Å². The first kappa shape index (κ1) is 15.0. The molecule has 0 aliphatic heterocycles. The van der Waals surface area contributed by atoms with Crippen molar-refractivity contribution in [3.63, 3.8) is 0 Å². The number of anilines is 3. The number of aromatic nitrogens is 1. The van der Waals surface area contributed by atoms with Gasteiger partial charge in [0.1, 0.15) is 11.5 Å². The number of hydrogen-bond donors (Lipinski definition) is 2. The molecule has 0 atom stereocenters. The molecule has 0 saturated heterocycles. The summed E-state index contributed by atoms with van der Waals surface area (Å²) < 4.78 is 7.52. The van der Waals surface area contributed by atoms with Gasteiger partial charge in [-0.25, -0.2) is 0 Å². The third-order valence-electron chi connectivity index (χ3n) is 2.85. The molecule has 0 spiro atoms. The second-order valence-corrected chi connectivity index (χ2v) is 5.77. The van der Waals surface area contributed by atoms with Gasteiger partial charge in [0.15, 0.2) is 5.75 Å². The maximum atomic E-state index is 11.9. The predicted molar refractivity (Wildman–Crippen MR) is 90.1 cm³/mol. The number of methoxy groups -OCH3 is 1. The summed E-state index contributed by atoms with van der Waals surface area (Å²) in [4.78, 5) is 11.9. The SMILES string of the molecule is COc1cc(=O)n(C)c(Nc2ccc(I)cc2Cl)c1N. The van der Waals surface area contributed by atoms with Gasteiger partial charge in [0.05, 0.1) is 17.8 Å². The molecule has 7 heteroatoms. The van der Waals surface area contributed by atoms with E-state index in [1.54, 1.807) is 7.05 Å². The Morgan fingerprint density at radius 3 is 2.70 bits per heavy atom. The second kappa shape index (κ2) is 5.92. The number of benzene rings is 1. The number of halogens is 2. The molecular formula is C13H13ClIN3O2. The van der Waals surface area contributed by atoms with Gasteiger partial charge in [-0.1, -0.05) is 11.6 Å². The van der Waals surface area contributed by atoms with Gasteiger partial charge in [-0.05, 0) is 40.8 Å². The van der Waals surface area contributed by atoms with Crippen LogP contribution in [0.2, 0.25) is 5.02 Å². The molecule has 1 aromatic heterocycles. The largest absolute Gasteiger partial charge is 0.494 e. The number of nitrogens with two attached hydrogens (primary N) is 1. The maximum absolute atomic E-state index is 11.9. The van der Waals surface area contributed by atoms with Crippen molar-refractivity contribution < 1.29 is 4.74 Å². The van der Waals surface area contributed by atoms with Crippen LogP contribution in [-0.2, 0) is 7.05 Å². The first-order valence-electron chi connectivity index (χ1n) is 5.69. The van der Waals surface area contributed by atoms with Gasteiger partial charge >= 0.3 is 0 Å². The lowest BCUT2D eigenvalue weighted by Gasteiger charge is -2.16. The summed E-state index contributed by atoms with van der Waals surface area (Å²) in [7, 11) is 3.09. The molecule has 2 rings (SSSR count). The first-order chi connectivity index (χ1) is 9.43. The zero-order valence-electron chi connectivity index (χ0n) is 10.9. The van der Waals surface area contributed by atoms with E-state index >= 15 is 0 Å². The number of nitrogens with one attached hydrogen (secondary N) is 1. The van der Waals surface area contributed by atoms with Crippen LogP contribution in [0.25, 0.3) is 0 Å². The van der Waals surface area contributed by atoms with Crippen LogP contribution in [0.1, 0.15) is 0 Å². The number of ether oxygens (including phenoxy) is 1. The average Bonchev–Trinajstić information content (AvgIpc) is 2.41. The van der Waals surface area contributed by atoms with Crippen LogP contribution in [0.5, 0.6) is 5.75 Å². The van der Waals surface area contributed by atoms with Gasteiger partial charge in [0.2, 0.25) is 0 Å². The van der Waals surface area contributed by atoms with E-state index in [9.17, 15) is 4.79 Å². The Kier molecular flexibility index (Phi) is 4.44. The quantitative estimate of drug-likeness (QED) is 0.771. The van der Waals surface area contributed by atoms with E-state index in [0.717, 1.165) is 3.57 Å². The molecule has 0 radical (unpaired) electrons. The monoisotopic (exact) mass is 405 g/mol. The Labute approximate surface area is 134 Å². The Balaban J connectivity index is 2.53. The summed E-state index contributed by atoms with van der Waals surface area (Å²) in [6, 6.07) is 6.89. The molecular weight excluding hydrogens is 393 g/mol. The lowest BCUT2D eigenvalue weighted by molar-refractivity contribution is 0.415. The molecule has 0 aliphatic carbocycles. The topological polar surface area (TPSA) is 69.3 Å². The van der Waals surface area contributed by atoms with Crippen LogP contribution < -0.4 is 21.3 Å². The van der Waals surface area contributed by atoms with Crippen molar-refractivity contribution in [1.29, 1.82) is 0 Å². The second-order valence-electron chi connectivity index (χ2n) is 4.12. The Hall–Kier alpha value is -1.41. The van der Waals surface area contributed by atoms with Crippen molar-refractivity contribution in [1.82, 2.24) is 4.57 Å². The van der Waals surface area contributed by atoms with Gasteiger partial charge in [-0.3, -0.25) is 9.36 Å². The summed E-state index contributed by atoms with van der Waals surface area (Å²) in [5, 5.41) is 3.62. The minimum atomic E-state index is -0.222. The standard InChI is InChI=1S/C13H13ClIN3O2/c1-18-11(19)6-10(20-2)12(16)13(18)17-9-4-3-7(15)5-8(9)14/h3-6,17H,16H2,1-2H3. The maximum Gasteiger partial charge on any atom is 0.255 e. The number of hydrogen-bond acceptors (Lipinski definition) is 4. The number of rotatable bonds is 3. The number of nitrogens with zero attached hydrogens (tertiary/aromatic N) is 1. The van der Waals surface area contributed by atoms with Crippen molar-refractivity contribution in [2.75, 3.05) is 18.2 Å². The van der Waals surface area contributed by atoms with E-state index in [-0.39, 0.29) is 5.56 Å². The molecule has 0 saturated carbocycles. The third kappa shape index (κ3) is 2.85. The fraction of sp³-hybridized carbons (Fsp3) is 0.154. The van der Waals surface area contributed by atoms with E-state index in [0.29, 0.717) is 28.0 Å². The fourth-order valence-electron chi connectivity index (χ4n) is 1.73. The predicted octanol–water partition coefficient (Wildman–Crippen LogP) is 2.98. The first-order valence-corrected chi connectivity index (χ1v) is 7.15. The molecule has 5 nitrogen and oxygen atoms in total. The lowest BCUT2D eigenvalue weighted by atomic mass is 10.3. The highest BCUT2D eigenvalue weighted by Gasteiger charge is 2.13. The molecule has 106 valence electrons. The highest BCUT2D eigenvalue weighted by molar-refractivity contribution is 14.1. The summed E-state index contributed by atoms with van der Waals surface area (Å²) >= 11 is 8.34. The normalized spacial score (nSPS) is 10.4. The van der Waals surface area contributed by atoms with Gasteiger partial charge < -0.3 is 15.8 Å². The molecule has 0 unspecified atom stereocenters. The van der Waals surface area contributed by atoms with E-state index in [1.807, 2.05) is 18.2 Å². The summed E-state index contributed by atoms with van der Waals surface area (Å²) in [6.07, 6.45) is 0. The van der Waals surface area contributed by atoms with Gasteiger partial charge in [-0.15, -0.1) is 0 Å². The van der Waals surface area contributed by atoms with E-state index in [2.05, 4.69) is 27.9 Å². The summed E-state index contributed by atoms with van der Waals surface area (Å²) in [6.45, 7) is 0. The van der Waals surface area contributed by atoms with Crippen molar-refractivity contribution in [2.24, 2.45) is 7.05 Å². The van der Waals surface area contributed by atoms with Crippen LogP contribution in [0.3, 0.4) is 0 Å². The average molecular weight is 406 g/mol. The molecule has 0 amide bonds. The van der Waals surface area contributed by atoms with Crippen LogP contribution in [0.15, 0.2) is 29.1 Å². The van der Waals surface area contributed by atoms with Gasteiger partial charge in [0.25, 0.3) is 5.56 Å². The molecule has 3 N–H and O–H groups in total. The minimum absolute atomic E-state index is 0.222. The van der Waals surface area contributed by atoms with Gasteiger partial charge in [0, 0.05) is 16.7 Å². The molecule has 2 aromatic rings. The Morgan fingerprint density at radius 2 is 2.10 bits per heavy atom. The number of nitrogen functional groups attached to an aromatic ring is 1. The molecule has 0 aliphatic rings. The van der Waals surface area contributed by atoms with Crippen molar-refractivity contribution in [3.8, 4) is 5.75 Å².